The maximum Gasteiger partial charge on any atom is 0.0320 e. The lowest BCUT2D eigenvalue weighted by atomic mass is 9.94. The van der Waals surface area contributed by atoms with Crippen LogP contribution in [0.4, 0.5) is 0 Å². The molecule has 74 valence electrons. The number of rotatable bonds is 2. The smallest absolute Gasteiger partial charge is 0.0320 e. The van der Waals surface area contributed by atoms with Gasteiger partial charge in [-0.1, -0.05) is 38.1 Å². The van der Waals surface area contributed by atoms with Crippen LogP contribution in [0.2, 0.25) is 0 Å². The molecule has 0 aliphatic heterocycles. The van der Waals surface area contributed by atoms with Gasteiger partial charge in [0.2, 0.25) is 0 Å². The zero-order valence-electron chi connectivity index (χ0n) is 8.45. The SMILES string of the molecule is Cc1ccccc1[C@H](N)C(C)C.Cl. The van der Waals surface area contributed by atoms with Crippen LogP contribution in [0.5, 0.6) is 0 Å². The minimum Gasteiger partial charge on any atom is -0.324 e. The predicted molar refractivity (Wildman–Crippen MR) is 60.2 cm³/mol. The largest absolute Gasteiger partial charge is 0.324 e. The molecule has 1 rings (SSSR count). The topological polar surface area (TPSA) is 26.0 Å². The highest BCUT2D eigenvalue weighted by Crippen LogP contribution is 2.21. The Morgan fingerprint density at radius 2 is 1.69 bits per heavy atom. The van der Waals surface area contributed by atoms with Crippen molar-refractivity contribution in [2.75, 3.05) is 0 Å². The van der Waals surface area contributed by atoms with E-state index in [-0.39, 0.29) is 18.4 Å². The molecule has 0 saturated carbocycles. The summed E-state index contributed by atoms with van der Waals surface area (Å²) in [6, 6.07) is 8.49. The van der Waals surface area contributed by atoms with E-state index in [9.17, 15) is 0 Å². The molecule has 0 heterocycles. The molecule has 0 saturated heterocycles. The van der Waals surface area contributed by atoms with Crippen molar-refractivity contribution in [2.45, 2.75) is 26.8 Å². The first-order valence-electron chi connectivity index (χ1n) is 4.44. The first kappa shape index (κ1) is 12.5. The van der Waals surface area contributed by atoms with Crippen LogP contribution in [0.15, 0.2) is 24.3 Å². The predicted octanol–water partition coefficient (Wildman–Crippen LogP) is 3.07. The van der Waals surface area contributed by atoms with E-state index >= 15 is 0 Å². The third-order valence-corrected chi connectivity index (χ3v) is 2.27. The summed E-state index contributed by atoms with van der Waals surface area (Å²) in [7, 11) is 0. The molecule has 2 N–H and O–H groups in total. The number of hydrogen-bond donors (Lipinski definition) is 1. The summed E-state index contributed by atoms with van der Waals surface area (Å²) >= 11 is 0. The fraction of sp³-hybridized carbons (Fsp3) is 0.455. The minimum absolute atomic E-state index is 0. The van der Waals surface area contributed by atoms with Crippen molar-refractivity contribution in [2.24, 2.45) is 11.7 Å². The van der Waals surface area contributed by atoms with Crippen molar-refractivity contribution in [1.29, 1.82) is 0 Å². The van der Waals surface area contributed by atoms with E-state index in [1.165, 1.54) is 11.1 Å². The van der Waals surface area contributed by atoms with Crippen LogP contribution < -0.4 is 5.73 Å². The fourth-order valence-corrected chi connectivity index (χ4v) is 1.32. The Morgan fingerprint density at radius 3 is 2.15 bits per heavy atom. The lowest BCUT2D eigenvalue weighted by Crippen LogP contribution is -2.17. The van der Waals surface area contributed by atoms with Gasteiger partial charge in [0.25, 0.3) is 0 Å². The van der Waals surface area contributed by atoms with Crippen LogP contribution in [-0.2, 0) is 0 Å². The van der Waals surface area contributed by atoms with Crippen molar-refractivity contribution in [3.63, 3.8) is 0 Å². The van der Waals surface area contributed by atoms with Crippen molar-refractivity contribution < 1.29 is 0 Å². The number of aryl methyl sites for hydroxylation is 1. The average Bonchev–Trinajstić information content (AvgIpc) is 2.04. The van der Waals surface area contributed by atoms with Gasteiger partial charge < -0.3 is 5.73 Å². The van der Waals surface area contributed by atoms with Crippen molar-refractivity contribution in [1.82, 2.24) is 0 Å². The van der Waals surface area contributed by atoms with Crippen molar-refractivity contribution in [3.8, 4) is 0 Å². The minimum atomic E-state index is 0. The van der Waals surface area contributed by atoms with Gasteiger partial charge in [-0.05, 0) is 24.0 Å². The van der Waals surface area contributed by atoms with Crippen LogP contribution in [0.3, 0.4) is 0 Å². The van der Waals surface area contributed by atoms with Gasteiger partial charge in [-0.15, -0.1) is 12.4 Å². The second-order valence-electron chi connectivity index (χ2n) is 3.63. The molecular weight excluding hydrogens is 182 g/mol. The molecule has 0 aliphatic rings. The van der Waals surface area contributed by atoms with Crippen molar-refractivity contribution in [3.05, 3.63) is 35.4 Å². The van der Waals surface area contributed by atoms with Crippen LogP contribution in [-0.4, -0.2) is 0 Å². The summed E-state index contributed by atoms with van der Waals surface area (Å²) in [5.41, 5.74) is 8.60. The molecule has 0 fully saturated rings. The van der Waals surface area contributed by atoms with Gasteiger partial charge in [0, 0.05) is 6.04 Å². The van der Waals surface area contributed by atoms with E-state index in [4.69, 9.17) is 5.73 Å². The summed E-state index contributed by atoms with van der Waals surface area (Å²) < 4.78 is 0. The molecule has 2 heteroatoms. The Kier molecular flexibility index (Phi) is 5.04. The van der Waals surface area contributed by atoms with Gasteiger partial charge in [0.1, 0.15) is 0 Å². The highest BCUT2D eigenvalue weighted by atomic mass is 35.5. The lowest BCUT2D eigenvalue weighted by molar-refractivity contribution is 0.512. The zero-order valence-corrected chi connectivity index (χ0v) is 9.27. The first-order valence-corrected chi connectivity index (χ1v) is 4.44. The van der Waals surface area contributed by atoms with E-state index in [1.54, 1.807) is 0 Å². The van der Waals surface area contributed by atoms with Gasteiger partial charge >= 0.3 is 0 Å². The van der Waals surface area contributed by atoms with Crippen molar-refractivity contribution >= 4 is 12.4 Å². The molecular formula is C11H18ClN. The third-order valence-electron chi connectivity index (χ3n) is 2.27. The van der Waals surface area contributed by atoms with Gasteiger partial charge in [-0.3, -0.25) is 0 Å². The number of hydrogen-bond acceptors (Lipinski definition) is 1. The quantitative estimate of drug-likeness (QED) is 0.779. The second kappa shape index (κ2) is 5.25. The lowest BCUT2D eigenvalue weighted by Gasteiger charge is -2.17. The second-order valence-corrected chi connectivity index (χ2v) is 3.63. The number of nitrogens with two attached hydrogens (primary N) is 1. The zero-order chi connectivity index (χ0) is 9.14. The van der Waals surface area contributed by atoms with E-state index in [1.807, 2.05) is 12.1 Å². The molecule has 0 bridgehead atoms. The Bertz CT molecular complexity index is 258. The number of benzene rings is 1. The Balaban J connectivity index is 0.00000144. The molecule has 0 aromatic heterocycles. The molecule has 1 aromatic carbocycles. The van der Waals surface area contributed by atoms with Gasteiger partial charge in [-0.25, -0.2) is 0 Å². The Hall–Kier alpha value is -0.530. The van der Waals surface area contributed by atoms with Crippen LogP contribution >= 0.6 is 12.4 Å². The summed E-state index contributed by atoms with van der Waals surface area (Å²) in [4.78, 5) is 0. The average molecular weight is 200 g/mol. The molecule has 1 atom stereocenters. The Labute approximate surface area is 86.7 Å². The normalized spacial score (nSPS) is 12.4. The molecule has 0 spiro atoms. The molecule has 0 aliphatic carbocycles. The van der Waals surface area contributed by atoms with Crippen LogP contribution in [0.1, 0.15) is 31.0 Å². The molecule has 1 aromatic rings. The monoisotopic (exact) mass is 199 g/mol. The molecule has 1 nitrogen and oxygen atoms in total. The highest BCUT2D eigenvalue weighted by Gasteiger charge is 2.11. The number of halogens is 1. The van der Waals surface area contributed by atoms with E-state index in [2.05, 4.69) is 32.9 Å². The van der Waals surface area contributed by atoms with E-state index in [0.717, 1.165) is 0 Å². The summed E-state index contributed by atoms with van der Waals surface area (Å²) in [5.74, 6) is 0.506. The highest BCUT2D eigenvalue weighted by molar-refractivity contribution is 5.85. The molecule has 0 radical (unpaired) electrons. The maximum atomic E-state index is 6.04. The van der Waals surface area contributed by atoms with Gasteiger partial charge in [0.05, 0.1) is 0 Å². The standard InChI is InChI=1S/C11H17N.ClH/c1-8(2)11(12)10-7-5-4-6-9(10)3;/h4-8,11H,12H2,1-3H3;1H/t11-;/m1./s1. The molecule has 0 unspecified atom stereocenters. The summed E-state index contributed by atoms with van der Waals surface area (Å²) in [6.07, 6.45) is 0. The van der Waals surface area contributed by atoms with Crippen LogP contribution in [0.25, 0.3) is 0 Å². The summed E-state index contributed by atoms with van der Waals surface area (Å²) in [5, 5.41) is 0. The fourth-order valence-electron chi connectivity index (χ4n) is 1.32. The first-order chi connectivity index (χ1) is 5.63. The van der Waals surface area contributed by atoms with E-state index in [0.29, 0.717) is 5.92 Å². The summed E-state index contributed by atoms with van der Waals surface area (Å²) in [6.45, 7) is 6.41. The van der Waals surface area contributed by atoms with Gasteiger partial charge in [-0.2, -0.15) is 0 Å². The molecule has 0 amide bonds. The molecule has 13 heavy (non-hydrogen) atoms. The van der Waals surface area contributed by atoms with Crippen LogP contribution in [0, 0.1) is 12.8 Å². The van der Waals surface area contributed by atoms with Gasteiger partial charge in [0.15, 0.2) is 0 Å². The maximum absolute atomic E-state index is 6.04. The van der Waals surface area contributed by atoms with E-state index < -0.39 is 0 Å². The Morgan fingerprint density at radius 1 is 1.15 bits per heavy atom. The third kappa shape index (κ3) is 3.02.